The van der Waals surface area contributed by atoms with E-state index in [0.29, 0.717) is 14.5 Å². The van der Waals surface area contributed by atoms with Gasteiger partial charge in [0.2, 0.25) is 5.91 Å². The molecule has 0 spiro atoms. The molecule has 0 saturated heterocycles. The number of nitrogens with zero attached hydrogens (tertiary/aromatic N) is 1. The van der Waals surface area contributed by atoms with Crippen molar-refractivity contribution in [2.24, 2.45) is 11.0 Å². The Balaban J connectivity index is 1.62. The monoisotopic (exact) mass is 570 g/mol. The quantitative estimate of drug-likeness (QED) is 0.337. The second kappa shape index (κ2) is 8.28. The van der Waals surface area contributed by atoms with Crippen molar-refractivity contribution in [2.75, 3.05) is 0 Å². The molecule has 0 aromatic heterocycles. The highest BCUT2D eigenvalue weighted by molar-refractivity contribution is 9.11. The van der Waals surface area contributed by atoms with Gasteiger partial charge in [-0.1, -0.05) is 61.0 Å². The molecule has 0 radical (unpaired) electrons. The van der Waals surface area contributed by atoms with Crippen LogP contribution in [0.5, 0.6) is 5.75 Å². The topological polar surface area (TPSA) is 61.7 Å². The maximum absolute atomic E-state index is 12.4. The lowest BCUT2D eigenvalue weighted by Crippen LogP contribution is -2.20. The third-order valence-electron chi connectivity index (χ3n) is 4.88. The fraction of sp³-hybridized carbons (Fsp3) is 0.333. The lowest BCUT2D eigenvalue weighted by molar-refractivity contribution is -0.122. The average molecular weight is 573 g/mol. The molecule has 2 N–H and O–H groups in total. The summed E-state index contributed by atoms with van der Waals surface area (Å²) in [4.78, 5) is 12.4. The molecule has 1 aliphatic carbocycles. The standard InChI is InChI=1S/C21H21Br3N2O2/c1-21(2,3)12-6-4-11(5-7-12)13-8-14(13)20(28)26-25-10-15-16(22)9-17(23)19(27)18(15)24/h4-7,9-10,13-14,27H,8H2,1-3H3,(H,26,28)/b25-10+. The molecule has 2 aromatic carbocycles. The highest BCUT2D eigenvalue weighted by Gasteiger charge is 2.44. The van der Waals surface area contributed by atoms with Gasteiger partial charge in [0, 0.05) is 16.0 Å². The van der Waals surface area contributed by atoms with Crippen LogP contribution in [0, 0.1) is 5.92 Å². The van der Waals surface area contributed by atoms with E-state index in [1.54, 1.807) is 6.07 Å². The average Bonchev–Trinajstić information content (AvgIpc) is 3.43. The summed E-state index contributed by atoms with van der Waals surface area (Å²) in [6, 6.07) is 10.3. The second-order valence-electron chi connectivity index (χ2n) is 7.97. The molecule has 1 aliphatic rings. The summed E-state index contributed by atoms with van der Waals surface area (Å²) in [5, 5.41) is 14.0. The number of phenolic OH excluding ortho intramolecular Hbond substituents is 1. The number of benzene rings is 2. The molecule has 7 heteroatoms. The van der Waals surface area contributed by atoms with Crippen molar-refractivity contribution in [3.05, 3.63) is 60.4 Å². The van der Waals surface area contributed by atoms with E-state index in [0.717, 1.165) is 10.9 Å². The molecule has 28 heavy (non-hydrogen) atoms. The zero-order valence-corrected chi connectivity index (χ0v) is 20.5. The zero-order chi connectivity index (χ0) is 20.6. The van der Waals surface area contributed by atoms with Crippen LogP contribution < -0.4 is 5.43 Å². The van der Waals surface area contributed by atoms with E-state index < -0.39 is 0 Å². The zero-order valence-electron chi connectivity index (χ0n) is 15.8. The first-order valence-corrected chi connectivity index (χ1v) is 11.3. The van der Waals surface area contributed by atoms with Gasteiger partial charge >= 0.3 is 0 Å². The number of carbonyl (C=O) groups is 1. The van der Waals surface area contributed by atoms with E-state index >= 15 is 0 Å². The normalized spacial score (nSPS) is 19.1. The fourth-order valence-corrected chi connectivity index (χ4v) is 5.37. The van der Waals surface area contributed by atoms with Gasteiger partial charge < -0.3 is 5.11 Å². The summed E-state index contributed by atoms with van der Waals surface area (Å²) in [5.41, 5.74) is 5.86. The Bertz CT molecular complexity index is 934. The number of carbonyl (C=O) groups excluding carboxylic acids is 1. The summed E-state index contributed by atoms with van der Waals surface area (Å²) in [6.45, 7) is 6.57. The van der Waals surface area contributed by atoms with Gasteiger partial charge in [0.05, 0.1) is 15.2 Å². The highest BCUT2D eigenvalue weighted by atomic mass is 79.9. The van der Waals surface area contributed by atoms with Crippen LogP contribution in [0.2, 0.25) is 0 Å². The van der Waals surface area contributed by atoms with E-state index in [2.05, 4.69) is 103 Å². The van der Waals surface area contributed by atoms with E-state index in [9.17, 15) is 9.90 Å². The largest absolute Gasteiger partial charge is 0.506 e. The molecule has 148 valence electrons. The molecule has 2 aromatic rings. The number of amides is 1. The predicted octanol–water partition coefficient (Wildman–Crippen LogP) is 6.23. The van der Waals surface area contributed by atoms with Gasteiger partial charge in [-0.3, -0.25) is 4.79 Å². The highest BCUT2D eigenvalue weighted by Crippen LogP contribution is 2.47. The maximum Gasteiger partial charge on any atom is 0.243 e. The molecule has 3 rings (SSSR count). The molecule has 0 bridgehead atoms. The summed E-state index contributed by atoms with van der Waals surface area (Å²) < 4.78 is 1.80. The minimum Gasteiger partial charge on any atom is -0.506 e. The molecule has 2 atom stereocenters. The fourth-order valence-electron chi connectivity index (χ4n) is 3.04. The minimum absolute atomic E-state index is 0.0529. The number of phenols is 1. The lowest BCUT2D eigenvalue weighted by Gasteiger charge is -2.19. The van der Waals surface area contributed by atoms with Gasteiger partial charge in [0.15, 0.2) is 0 Å². The smallest absolute Gasteiger partial charge is 0.243 e. The number of hydrazone groups is 1. The van der Waals surface area contributed by atoms with Crippen LogP contribution in [0.3, 0.4) is 0 Å². The van der Waals surface area contributed by atoms with Crippen molar-refractivity contribution in [2.45, 2.75) is 38.5 Å². The third kappa shape index (κ3) is 4.69. The van der Waals surface area contributed by atoms with Crippen LogP contribution in [-0.2, 0) is 10.2 Å². The van der Waals surface area contributed by atoms with Gasteiger partial charge in [-0.25, -0.2) is 5.43 Å². The Labute approximate surface area is 190 Å². The SMILES string of the molecule is CC(C)(C)c1ccc(C2CC2C(=O)N/N=C/c2c(Br)cc(Br)c(O)c2Br)cc1. The molecule has 0 aliphatic heterocycles. The van der Waals surface area contributed by atoms with Gasteiger partial charge in [-0.15, -0.1) is 0 Å². The number of hydrogen-bond acceptors (Lipinski definition) is 3. The first-order chi connectivity index (χ1) is 13.1. The number of halogens is 3. The van der Waals surface area contributed by atoms with Crippen molar-refractivity contribution in [3.63, 3.8) is 0 Å². The molecular weight excluding hydrogens is 552 g/mol. The molecule has 4 nitrogen and oxygen atoms in total. The maximum atomic E-state index is 12.4. The van der Waals surface area contributed by atoms with Crippen LogP contribution >= 0.6 is 47.8 Å². The van der Waals surface area contributed by atoms with Crippen LogP contribution in [-0.4, -0.2) is 17.2 Å². The minimum atomic E-state index is -0.0882. The Kier molecular flexibility index (Phi) is 6.37. The van der Waals surface area contributed by atoms with Gasteiger partial charge in [-0.05, 0) is 66.8 Å². The Hall–Kier alpha value is -1.18. The third-order valence-corrected chi connectivity index (χ3v) is 6.95. The first kappa shape index (κ1) is 21.5. The number of aromatic hydroxyl groups is 1. The van der Waals surface area contributed by atoms with E-state index in [1.807, 2.05) is 0 Å². The van der Waals surface area contributed by atoms with Crippen LogP contribution in [0.25, 0.3) is 0 Å². The van der Waals surface area contributed by atoms with E-state index in [4.69, 9.17) is 0 Å². The lowest BCUT2D eigenvalue weighted by atomic mass is 9.86. The molecular formula is C21H21Br3N2O2. The van der Waals surface area contributed by atoms with E-state index in [1.165, 1.54) is 17.3 Å². The Morgan fingerprint density at radius 1 is 1.18 bits per heavy atom. The summed E-state index contributed by atoms with van der Waals surface area (Å²) >= 11 is 10.0. The molecule has 2 unspecified atom stereocenters. The summed E-state index contributed by atoms with van der Waals surface area (Å²) in [7, 11) is 0. The van der Waals surface area contributed by atoms with Gasteiger partial charge in [0.25, 0.3) is 0 Å². The molecule has 1 amide bonds. The van der Waals surface area contributed by atoms with Crippen molar-refractivity contribution < 1.29 is 9.90 Å². The van der Waals surface area contributed by atoms with Crippen LogP contribution in [0.15, 0.2) is 48.9 Å². The van der Waals surface area contributed by atoms with Gasteiger partial charge in [-0.2, -0.15) is 5.10 Å². The summed E-state index contributed by atoms with van der Waals surface area (Å²) in [5.74, 6) is 0.189. The number of hydrogen-bond donors (Lipinski definition) is 2. The molecule has 1 saturated carbocycles. The number of rotatable bonds is 4. The van der Waals surface area contributed by atoms with Crippen molar-refractivity contribution in [1.29, 1.82) is 0 Å². The predicted molar refractivity (Wildman–Crippen MR) is 123 cm³/mol. The van der Waals surface area contributed by atoms with Crippen molar-refractivity contribution >= 4 is 59.9 Å². The van der Waals surface area contributed by atoms with Crippen LogP contribution in [0.1, 0.15) is 49.8 Å². The van der Waals surface area contributed by atoms with Gasteiger partial charge in [0.1, 0.15) is 5.75 Å². The van der Waals surface area contributed by atoms with E-state index in [-0.39, 0.29) is 28.9 Å². The molecule has 0 heterocycles. The van der Waals surface area contributed by atoms with Crippen molar-refractivity contribution in [1.82, 2.24) is 5.43 Å². The molecule has 1 fully saturated rings. The Morgan fingerprint density at radius 3 is 2.43 bits per heavy atom. The van der Waals surface area contributed by atoms with Crippen LogP contribution in [0.4, 0.5) is 0 Å². The summed E-state index contributed by atoms with van der Waals surface area (Å²) in [6.07, 6.45) is 2.34. The number of nitrogens with one attached hydrogen (secondary N) is 1. The Morgan fingerprint density at radius 2 is 1.82 bits per heavy atom. The van der Waals surface area contributed by atoms with Crippen molar-refractivity contribution in [3.8, 4) is 5.75 Å². The first-order valence-electron chi connectivity index (χ1n) is 8.89. The second-order valence-corrected chi connectivity index (χ2v) is 10.5.